The van der Waals surface area contributed by atoms with Gasteiger partial charge in [0.05, 0.1) is 19.3 Å². The van der Waals surface area contributed by atoms with Crippen LogP contribution in [-0.2, 0) is 9.53 Å². The zero-order valence-electron chi connectivity index (χ0n) is 5.17. The monoisotopic (exact) mass is 127 g/mol. The van der Waals surface area contributed by atoms with E-state index in [9.17, 15) is 4.79 Å². The lowest BCUT2D eigenvalue weighted by atomic mass is 10.0. The number of ether oxygens (including phenoxy) is 1. The predicted molar refractivity (Wildman–Crippen MR) is 30.9 cm³/mol. The van der Waals surface area contributed by atoms with Crippen LogP contribution < -0.4 is 0 Å². The maximum atomic E-state index is 10.7. The largest absolute Gasteiger partial charge is 0.377 e. The minimum atomic E-state index is 0.295. The third-order valence-electron chi connectivity index (χ3n) is 1.96. The Bertz CT molecular complexity index is 146. The molecule has 2 aliphatic heterocycles. The fourth-order valence-corrected chi connectivity index (χ4v) is 1.36. The molecule has 2 rings (SSSR count). The molecule has 3 nitrogen and oxygen atoms in total. The zero-order valence-corrected chi connectivity index (χ0v) is 5.17. The van der Waals surface area contributed by atoms with Crippen LogP contribution in [0.5, 0.6) is 0 Å². The molecular weight excluding hydrogens is 118 g/mol. The van der Waals surface area contributed by atoms with Gasteiger partial charge in [-0.1, -0.05) is 0 Å². The highest BCUT2D eigenvalue weighted by molar-refractivity contribution is 5.83. The lowest BCUT2D eigenvalue weighted by Crippen LogP contribution is -2.58. The van der Waals surface area contributed by atoms with E-state index >= 15 is 0 Å². The average molecular weight is 127 g/mol. The van der Waals surface area contributed by atoms with Gasteiger partial charge >= 0.3 is 0 Å². The van der Waals surface area contributed by atoms with E-state index < -0.39 is 0 Å². The number of hydrogen-bond acceptors (Lipinski definition) is 2. The molecule has 2 aliphatic rings. The number of β-lactam (4-membered cyclic amide) rings is 1. The first-order chi connectivity index (χ1) is 4.38. The van der Waals surface area contributed by atoms with Crippen LogP contribution in [0.1, 0.15) is 6.42 Å². The lowest BCUT2D eigenvalue weighted by molar-refractivity contribution is -0.157. The zero-order chi connectivity index (χ0) is 6.27. The van der Waals surface area contributed by atoms with Crippen LogP contribution in [-0.4, -0.2) is 36.6 Å². The van der Waals surface area contributed by atoms with E-state index in [1.165, 1.54) is 0 Å². The van der Waals surface area contributed by atoms with Crippen molar-refractivity contribution in [2.45, 2.75) is 12.5 Å². The van der Waals surface area contributed by atoms with Gasteiger partial charge in [-0.3, -0.25) is 4.79 Å². The van der Waals surface area contributed by atoms with Crippen molar-refractivity contribution in [1.82, 2.24) is 4.90 Å². The summed E-state index contributed by atoms with van der Waals surface area (Å²) in [5, 5.41) is 0. The number of hydrogen-bond donors (Lipinski definition) is 0. The Hall–Kier alpha value is -0.570. The van der Waals surface area contributed by atoms with Crippen molar-refractivity contribution in [3.05, 3.63) is 0 Å². The van der Waals surface area contributed by atoms with Crippen molar-refractivity contribution in [3.63, 3.8) is 0 Å². The third-order valence-corrected chi connectivity index (χ3v) is 1.96. The van der Waals surface area contributed by atoms with Crippen molar-refractivity contribution >= 4 is 5.91 Å². The molecule has 1 unspecified atom stereocenters. The Morgan fingerprint density at radius 2 is 2.56 bits per heavy atom. The van der Waals surface area contributed by atoms with Crippen LogP contribution in [0.2, 0.25) is 0 Å². The van der Waals surface area contributed by atoms with Crippen molar-refractivity contribution in [1.29, 1.82) is 0 Å². The van der Waals surface area contributed by atoms with E-state index in [0.29, 0.717) is 18.4 Å². The summed E-state index contributed by atoms with van der Waals surface area (Å²) in [5.41, 5.74) is 0. The summed E-state index contributed by atoms with van der Waals surface area (Å²) < 4.78 is 5.16. The number of nitrogens with zero attached hydrogens (tertiary/aromatic N) is 1. The molecule has 0 spiro atoms. The number of morpholine rings is 1. The number of rotatable bonds is 0. The molecule has 2 fully saturated rings. The third kappa shape index (κ3) is 0.645. The second-order valence-electron chi connectivity index (χ2n) is 2.52. The quantitative estimate of drug-likeness (QED) is 0.415. The molecule has 0 saturated carbocycles. The van der Waals surface area contributed by atoms with E-state index in [4.69, 9.17) is 4.74 Å². The molecule has 2 heterocycles. The number of carbonyl (C=O) groups excluding carboxylic acids is 1. The van der Waals surface area contributed by atoms with Crippen molar-refractivity contribution in [3.8, 4) is 0 Å². The normalized spacial score (nSPS) is 33.6. The second kappa shape index (κ2) is 1.70. The molecule has 0 N–H and O–H groups in total. The van der Waals surface area contributed by atoms with Gasteiger partial charge in [-0.2, -0.15) is 0 Å². The van der Waals surface area contributed by atoms with Gasteiger partial charge in [0.1, 0.15) is 0 Å². The van der Waals surface area contributed by atoms with Crippen LogP contribution >= 0.6 is 0 Å². The first kappa shape index (κ1) is 5.23. The van der Waals surface area contributed by atoms with E-state index in [1.807, 2.05) is 4.90 Å². The van der Waals surface area contributed by atoms with Gasteiger partial charge in [0.15, 0.2) is 0 Å². The van der Waals surface area contributed by atoms with Gasteiger partial charge in [0.2, 0.25) is 5.91 Å². The van der Waals surface area contributed by atoms with Crippen LogP contribution in [0.15, 0.2) is 0 Å². The van der Waals surface area contributed by atoms with Crippen LogP contribution in [0.4, 0.5) is 0 Å². The van der Waals surface area contributed by atoms with E-state index in [0.717, 1.165) is 19.8 Å². The molecule has 0 aliphatic carbocycles. The van der Waals surface area contributed by atoms with Gasteiger partial charge in [-0.15, -0.1) is 0 Å². The lowest BCUT2D eigenvalue weighted by Gasteiger charge is -2.43. The molecule has 1 atom stereocenters. The fourth-order valence-electron chi connectivity index (χ4n) is 1.36. The van der Waals surface area contributed by atoms with E-state index in [2.05, 4.69) is 0 Å². The summed E-state index contributed by atoms with van der Waals surface area (Å²) in [5.74, 6) is 0.295. The first-order valence-electron chi connectivity index (χ1n) is 3.25. The number of carbonyl (C=O) groups is 1. The van der Waals surface area contributed by atoms with Gasteiger partial charge in [-0.25, -0.2) is 0 Å². The average Bonchev–Trinajstić information content (AvgIpc) is 1.86. The highest BCUT2D eigenvalue weighted by Gasteiger charge is 2.37. The van der Waals surface area contributed by atoms with Gasteiger partial charge in [0.25, 0.3) is 0 Å². The molecule has 0 aromatic carbocycles. The Labute approximate surface area is 53.6 Å². The summed E-state index contributed by atoms with van der Waals surface area (Å²) in [6.45, 7) is 2.29. The highest BCUT2D eigenvalue weighted by atomic mass is 16.5. The molecule has 0 radical (unpaired) electrons. The molecule has 0 aromatic heterocycles. The van der Waals surface area contributed by atoms with Crippen molar-refractivity contribution < 1.29 is 9.53 Å². The Kier molecular flexibility index (Phi) is 0.990. The Balaban J connectivity index is 2.01. The van der Waals surface area contributed by atoms with E-state index in [1.54, 1.807) is 0 Å². The number of fused-ring (bicyclic) bond motifs is 1. The molecule has 3 heteroatoms. The van der Waals surface area contributed by atoms with Gasteiger partial charge < -0.3 is 9.64 Å². The topological polar surface area (TPSA) is 29.5 Å². The maximum absolute atomic E-state index is 10.7. The van der Waals surface area contributed by atoms with Crippen molar-refractivity contribution in [2.75, 3.05) is 19.8 Å². The van der Waals surface area contributed by atoms with Crippen LogP contribution in [0.25, 0.3) is 0 Å². The molecule has 0 bridgehead atoms. The molecular formula is C6H9NO2. The molecule has 2 saturated heterocycles. The smallest absolute Gasteiger partial charge is 0.225 e. The molecule has 1 amide bonds. The van der Waals surface area contributed by atoms with Crippen LogP contribution in [0.3, 0.4) is 0 Å². The summed E-state index contributed by atoms with van der Waals surface area (Å²) in [7, 11) is 0. The highest BCUT2D eigenvalue weighted by Crippen LogP contribution is 2.21. The second-order valence-corrected chi connectivity index (χ2v) is 2.52. The SMILES string of the molecule is O=C1CC2COCCN12. The van der Waals surface area contributed by atoms with Gasteiger partial charge in [-0.05, 0) is 0 Å². The Morgan fingerprint density at radius 1 is 1.67 bits per heavy atom. The number of amides is 1. The summed E-state index contributed by atoms with van der Waals surface area (Å²) in [6, 6.07) is 0.422. The van der Waals surface area contributed by atoms with Crippen molar-refractivity contribution in [2.24, 2.45) is 0 Å². The maximum Gasteiger partial charge on any atom is 0.225 e. The fraction of sp³-hybridized carbons (Fsp3) is 0.833. The summed E-state index contributed by atoms with van der Waals surface area (Å²) in [6.07, 6.45) is 0.708. The predicted octanol–water partition coefficient (Wildman–Crippen LogP) is -0.383. The molecule has 50 valence electrons. The summed E-state index contributed by atoms with van der Waals surface area (Å²) >= 11 is 0. The van der Waals surface area contributed by atoms with E-state index in [-0.39, 0.29) is 0 Å². The van der Waals surface area contributed by atoms with Crippen LogP contribution in [0, 0.1) is 0 Å². The standard InChI is InChI=1S/C6H9NO2/c8-6-3-5-4-9-2-1-7(5)6/h5H,1-4H2. The van der Waals surface area contributed by atoms with Gasteiger partial charge in [0, 0.05) is 13.0 Å². The molecule has 9 heavy (non-hydrogen) atoms. The molecule has 0 aromatic rings. The first-order valence-corrected chi connectivity index (χ1v) is 3.25. The summed E-state index contributed by atoms with van der Waals surface area (Å²) in [4.78, 5) is 12.6. The minimum Gasteiger partial charge on any atom is -0.377 e. The minimum absolute atomic E-state index is 0.295. The Morgan fingerprint density at radius 3 is 3.11 bits per heavy atom.